The van der Waals surface area contributed by atoms with Crippen LogP contribution in [0.2, 0.25) is 0 Å². The summed E-state index contributed by atoms with van der Waals surface area (Å²) in [7, 11) is 0. The van der Waals surface area contributed by atoms with Crippen molar-refractivity contribution < 1.29 is 18.7 Å². The van der Waals surface area contributed by atoms with Gasteiger partial charge < -0.3 is 15.0 Å². The number of anilines is 1. The molecule has 0 radical (unpaired) electrons. The average molecular weight is 358 g/mol. The molecule has 0 bridgehead atoms. The van der Waals surface area contributed by atoms with Gasteiger partial charge in [-0.15, -0.1) is 0 Å². The fourth-order valence-corrected chi connectivity index (χ4v) is 2.40. The van der Waals surface area contributed by atoms with E-state index in [4.69, 9.17) is 4.74 Å². The molecule has 1 N–H and O–H groups in total. The van der Waals surface area contributed by atoms with E-state index < -0.39 is 5.82 Å². The molecule has 0 unspecified atom stereocenters. The van der Waals surface area contributed by atoms with Gasteiger partial charge in [0.05, 0.1) is 11.8 Å². The number of rotatable bonds is 7. The lowest BCUT2D eigenvalue weighted by atomic mass is 10.2. The predicted molar refractivity (Wildman–Crippen MR) is 98.3 cm³/mol. The Labute approximate surface area is 152 Å². The van der Waals surface area contributed by atoms with Crippen LogP contribution in [0.1, 0.15) is 26.3 Å². The van der Waals surface area contributed by atoms with Crippen LogP contribution in [0.15, 0.2) is 48.5 Å². The Hall–Kier alpha value is -2.89. The van der Waals surface area contributed by atoms with Crippen LogP contribution < -0.4 is 10.1 Å². The van der Waals surface area contributed by atoms with Crippen LogP contribution in [0.25, 0.3) is 0 Å². The maximum absolute atomic E-state index is 13.8. The Balaban J connectivity index is 2.07. The molecule has 0 aromatic heterocycles. The largest absolute Gasteiger partial charge is 0.489 e. The van der Waals surface area contributed by atoms with E-state index in [0.29, 0.717) is 17.0 Å². The van der Waals surface area contributed by atoms with E-state index in [1.165, 1.54) is 17.9 Å². The standard InChI is InChI=1S/C20H23FN2O3/c1-14(2)26-19-11-7-6-10-18(19)22-20(25)13-23(15(3)24)12-16-8-4-5-9-17(16)21/h4-11,14H,12-13H2,1-3H3,(H,22,25). The molecule has 138 valence electrons. The van der Waals surface area contributed by atoms with Gasteiger partial charge in [0.1, 0.15) is 18.1 Å². The number of carbonyl (C=O) groups is 2. The molecule has 2 aromatic rings. The smallest absolute Gasteiger partial charge is 0.244 e. The van der Waals surface area contributed by atoms with Gasteiger partial charge in [-0.05, 0) is 32.0 Å². The molecule has 0 aliphatic rings. The number of nitrogens with one attached hydrogen (secondary N) is 1. The van der Waals surface area contributed by atoms with Gasteiger partial charge in [-0.2, -0.15) is 0 Å². The Morgan fingerprint density at radius 1 is 1.12 bits per heavy atom. The van der Waals surface area contributed by atoms with Crippen molar-refractivity contribution in [3.8, 4) is 5.75 Å². The average Bonchev–Trinajstić information content (AvgIpc) is 2.57. The van der Waals surface area contributed by atoms with E-state index in [2.05, 4.69) is 5.32 Å². The van der Waals surface area contributed by atoms with Crippen molar-refractivity contribution in [2.75, 3.05) is 11.9 Å². The molecule has 0 aliphatic carbocycles. The number of amides is 2. The monoisotopic (exact) mass is 358 g/mol. The molecule has 26 heavy (non-hydrogen) atoms. The van der Waals surface area contributed by atoms with Gasteiger partial charge in [-0.1, -0.05) is 30.3 Å². The summed E-state index contributed by atoms with van der Waals surface area (Å²) in [5.41, 5.74) is 0.889. The third kappa shape index (κ3) is 5.58. The van der Waals surface area contributed by atoms with Crippen molar-refractivity contribution in [3.05, 3.63) is 59.9 Å². The molecule has 0 fully saturated rings. The lowest BCUT2D eigenvalue weighted by Gasteiger charge is -2.21. The highest BCUT2D eigenvalue weighted by Crippen LogP contribution is 2.24. The maximum atomic E-state index is 13.8. The molecule has 0 spiro atoms. The predicted octanol–water partition coefficient (Wildman–Crippen LogP) is 3.60. The second-order valence-electron chi connectivity index (χ2n) is 6.18. The summed E-state index contributed by atoms with van der Waals surface area (Å²) in [4.78, 5) is 25.5. The molecule has 0 saturated heterocycles. The summed E-state index contributed by atoms with van der Waals surface area (Å²) < 4.78 is 19.5. The molecule has 5 nitrogen and oxygen atoms in total. The van der Waals surface area contributed by atoms with Crippen molar-refractivity contribution >= 4 is 17.5 Å². The first kappa shape index (κ1) is 19.4. The molecule has 0 saturated carbocycles. The van der Waals surface area contributed by atoms with Crippen molar-refractivity contribution in [1.29, 1.82) is 0 Å². The van der Waals surface area contributed by atoms with Gasteiger partial charge in [-0.25, -0.2) is 4.39 Å². The van der Waals surface area contributed by atoms with Gasteiger partial charge in [0.25, 0.3) is 0 Å². The molecule has 2 amide bonds. The molecule has 0 heterocycles. The number of ether oxygens (including phenoxy) is 1. The number of para-hydroxylation sites is 2. The third-order valence-corrected chi connectivity index (χ3v) is 3.62. The third-order valence-electron chi connectivity index (χ3n) is 3.62. The summed E-state index contributed by atoms with van der Waals surface area (Å²) in [5, 5.41) is 2.75. The van der Waals surface area contributed by atoms with Crippen molar-refractivity contribution in [1.82, 2.24) is 4.90 Å². The zero-order valence-electron chi connectivity index (χ0n) is 15.2. The fourth-order valence-electron chi connectivity index (χ4n) is 2.40. The number of nitrogens with zero attached hydrogens (tertiary/aromatic N) is 1. The van der Waals surface area contributed by atoms with Crippen LogP contribution in [-0.2, 0) is 16.1 Å². The lowest BCUT2D eigenvalue weighted by molar-refractivity contribution is -0.133. The second kappa shape index (κ2) is 8.99. The maximum Gasteiger partial charge on any atom is 0.244 e. The van der Waals surface area contributed by atoms with Crippen LogP contribution >= 0.6 is 0 Å². The van der Waals surface area contributed by atoms with Gasteiger partial charge in [0.15, 0.2) is 0 Å². The zero-order chi connectivity index (χ0) is 19.1. The number of halogens is 1. The van der Waals surface area contributed by atoms with Crippen LogP contribution in [-0.4, -0.2) is 29.4 Å². The van der Waals surface area contributed by atoms with E-state index in [1.54, 1.807) is 36.4 Å². The van der Waals surface area contributed by atoms with Gasteiger partial charge in [0, 0.05) is 19.0 Å². The lowest BCUT2D eigenvalue weighted by Crippen LogP contribution is -2.36. The van der Waals surface area contributed by atoms with Crippen LogP contribution in [0.5, 0.6) is 5.75 Å². The van der Waals surface area contributed by atoms with Crippen molar-refractivity contribution in [3.63, 3.8) is 0 Å². The van der Waals surface area contributed by atoms with Crippen LogP contribution in [0, 0.1) is 5.82 Å². The molecular formula is C20H23FN2O3. The Kier molecular flexibility index (Phi) is 6.72. The van der Waals surface area contributed by atoms with Crippen molar-refractivity contribution in [2.45, 2.75) is 33.4 Å². The first-order chi connectivity index (χ1) is 12.4. The topological polar surface area (TPSA) is 58.6 Å². The Morgan fingerprint density at radius 2 is 1.77 bits per heavy atom. The summed E-state index contributed by atoms with van der Waals surface area (Å²) in [6.07, 6.45) is -0.0391. The molecule has 0 aliphatic heterocycles. The number of hydrogen-bond acceptors (Lipinski definition) is 3. The summed E-state index contributed by atoms with van der Waals surface area (Å²) in [6, 6.07) is 13.3. The number of carbonyl (C=O) groups excluding carboxylic acids is 2. The minimum atomic E-state index is -0.408. The van der Waals surface area contributed by atoms with Crippen molar-refractivity contribution in [2.24, 2.45) is 0 Å². The first-order valence-corrected chi connectivity index (χ1v) is 8.41. The highest BCUT2D eigenvalue weighted by Gasteiger charge is 2.17. The minimum absolute atomic E-state index is 0.0273. The van der Waals surface area contributed by atoms with Gasteiger partial charge in [0.2, 0.25) is 11.8 Å². The minimum Gasteiger partial charge on any atom is -0.489 e. The molecule has 0 atom stereocenters. The summed E-state index contributed by atoms with van der Waals surface area (Å²) >= 11 is 0. The Morgan fingerprint density at radius 3 is 2.42 bits per heavy atom. The van der Waals surface area contributed by atoms with E-state index in [-0.39, 0.29) is 31.0 Å². The number of benzene rings is 2. The van der Waals surface area contributed by atoms with Crippen LogP contribution in [0.4, 0.5) is 10.1 Å². The van der Waals surface area contributed by atoms with Gasteiger partial charge in [-0.3, -0.25) is 9.59 Å². The Bertz CT molecular complexity index is 777. The molecular weight excluding hydrogens is 335 g/mol. The molecule has 6 heteroatoms. The summed E-state index contributed by atoms with van der Waals surface area (Å²) in [5.74, 6) is -0.541. The van der Waals surface area contributed by atoms with Gasteiger partial charge >= 0.3 is 0 Å². The van der Waals surface area contributed by atoms with E-state index in [9.17, 15) is 14.0 Å². The molecule has 2 aromatic carbocycles. The fraction of sp³-hybridized carbons (Fsp3) is 0.300. The normalized spacial score (nSPS) is 10.5. The highest BCUT2D eigenvalue weighted by molar-refractivity contribution is 5.95. The number of hydrogen-bond donors (Lipinski definition) is 1. The van der Waals surface area contributed by atoms with E-state index in [0.717, 1.165) is 0 Å². The summed E-state index contributed by atoms with van der Waals surface area (Å²) in [6.45, 7) is 4.98. The SMILES string of the molecule is CC(=O)N(CC(=O)Nc1ccccc1OC(C)C)Cc1ccccc1F. The quantitative estimate of drug-likeness (QED) is 0.823. The first-order valence-electron chi connectivity index (χ1n) is 8.41. The van der Waals surface area contributed by atoms with Crippen LogP contribution in [0.3, 0.4) is 0 Å². The second-order valence-corrected chi connectivity index (χ2v) is 6.18. The van der Waals surface area contributed by atoms with E-state index in [1.807, 2.05) is 19.9 Å². The highest BCUT2D eigenvalue weighted by atomic mass is 19.1. The zero-order valence-corrected chi connectivity index (χ0v) is 15.2. The van der Waals surface area contributed by atoms with E-state index >= 15 is 0 Å². The molecule has 2 rings (SSSR count).